The van der Waals surface area contributed by atoms with Crippen molar-refractivity contribution in [1.29, 1.82) is 0 Å². The summed E-state index contributed by atoms with van der Waals surface area (Å²) in [5.74, 6) is -0.239. The Morgan fingerprint density at radius 2 is 1.64 bits per heavy atom. The number of benzene rings is 3. The number of hydrogen-bond acceptors (Lipinski definition) is 6. The lowest BCUT2D eigenvalue weighted by Crippen LogP contribution is -2.32. The number of aliphatic hydroxyl groups excluding tert-OH is 1. The van der Waals surface area contributed by atoms with Crippen LogP contribution in [0.3, 0.4) is 0 Å². The molecule has 1 fully saturated rings. The van der Waals surface area contributed by atoms with Gasteiger partial charge in [0.1, 0.15) is 23.9 Å². The number of carbonyl (C=O) groups excluding carboxylic acids is 2. The summed E-state index contributed by atoms with van der Waals surface area (Å²) in [7, 11) is 1.54. The van der Waals surface area contributed by atoms with Crippen LogP contribution in [0.2, 0.25) is 0 Å². The highest BCUT2D eigenvalue weighted by atomic mass is 16.5. The first kappa shape index (κ1) is 27.9. The highest BCUT2D eigenvalue weighted by molar-refractivity contribution is 6.46. The van der Waals surface area contributed by atoms with Gasteiger partial charge in [-0.3, -0.25) is 9.59 Å². The molecule has 3 aromatic rings. The maximum Gasteiger partial charge on any atom is 0.295 e. The Morgan fingerprint density at radius 1 is 0.923 bits per heavy atom. The van der Waals surface area contributed by atoms with Crippen molar-refractivity contribution in [2.75, 3.05) is 26.9 Å². The topological polar surface area (TPSA) is 85.3 Å². The Morgan fingerprint density at radius 3 is 2.28 bits per heavy atom. The van der Waals surface area contributed by atoms with E-state index in [2.05, 4.69) is 0 Å². The molecule has 0 spiro atoms. The van der Waals surface area contributed by atoms with Gasteiger partial charge < -0.3 is 24.2 Å². The van der Waals surface area contributed by atoms with E-state index >= 15 is 0 Å². The smallest absolute Gasteiger partial charge is 0.295 e. The number of likely N-dealkylation sites (tertiary alicyclic amines) is 1. The van der Waals surface area contributed by atoms with Crippen molar-refractivity contribution in [2.45, 2.75) is 39.8 Å². The number of Topliss-reactive ketones (excluding diaryl/α,β-unsaturated/α-hetero) is 1. The molecule has 7 heteroatoms. The second kappa shape index (κ2) is 12.6. The third-order valence-corrected chi connectivity index (χ3v) is 6.71. The van der Waals surface area contributed by atoms with Gasteiger partial charge in [0.05, 0.1) is 24.8 Å². The lowest BCUT2D eigenvalue weighted by molar-refractivity contribution is -0.140. The lowest BCUT2D eigenvalue weighted by Gasteiger charge is -2.25. The molecule has 0 aliphatic carbocycles. The fourth-order valence-corrected chi connectivity index (χ4v) is 4.57. The number of aliphatic hydroxyl groups is 1. The zero-order valence-electron chi connectivity index (χ0n) is 22.9. The summed E-state index contributed by atoms with van der Waals surface area (Å²) in [4.78, 5) is 27.7. The summed E-state index contributed by atoms with van der Waals surface area (Å²) in [6.45, 7) is 7.41. The third-order valence-electron chi connectivity index (χ3n) is 6.71. The average molecular weight is 530 g/mol. The van der Waals surface area contributed by atoms with Crippen molar-refractivity contribution in [3.63, 3.8) is 0 Å². The molecule has 3 aromatic carbocycles. The number of ketones is 1. The van der Waals surface area contributed by atoms with Crippen LogP contribution in [-0.2, 0) is 20.9 Å². The zero-order chi connectivity index (χ0) is 27.9. The van der Waals surface area contributed by atoms with Gasteiger partial charge in [0.25, 0.3) is 11.7 Å². The summed E-state index contributed by atoms with van der Waals surface area (Å²) in [6.07, 6.45) is 0.877. The Kier molecular flexibility index (Phi) is 9.04. The minimum absolute atomic E-state index is 0.0473. The van der Waals surface area contributed by atoms with Crippen LogP contribution in [0.1, 0.15) is 47.2 Å². The first-order valence-corrected chi connectivity index (χ1v) is 13.1. The molecule has 39 heavy (non-hydrogen) atoms. The van der Waals surface area contributed by atoms with Crippen LogP contribution in [0.5, 0.6) is 11.5 Å². The quantitative estimate of drug-likeness (QED) is 0.194. The number of aryl methyl sites for hydroxylation is 2. The van der Waals surface area contributed by atoms with Crippen LogP contribution in [0.25, 0.3) is 5.76 Å². The van der Waals surface area contributed by atoms with Gasteiger partial charge in [-0.2, -0.15) is 0 Å². The molecule has 0 radical (unpaired) electrons. The van der Waals surface area contributed by atoms with E-state index in [4.69, 9.17) is 14.2 Å². The summed E-state index contributed by atoms with van der Waals surface area (Å²) in [5.41, 5.74) is 4.25. The molecule has 1 aliphatic heterocycles. The largest absolute Gasteiger partial charge is 0.507 e. The number of methoxy groups -OCH3 is 1. The predicted molar refractivity (Wildman–Crippen MR) is 150 cm³/mol. The Balaban J connectivity index is 1.65. The molecule has 1 unspecified atom stereocenters. The molecule has 1 saturated heterocycles. The molecular formula is C32H35NO6. The van der Waals surface area contributed by atoms with Crippen molar-refractivity contribution in [2.24, 2.45) is 0 Å². The molecule has 0 aromatic heterocycles. The highest BCUT2D eigenvalue weighted by Gasteiger charge is 2.45. The van der Waals surface area contributed by atoms with Crippen LogP contribution in [0.15, 0.2) is 72.3 Å². The number of amides is 1. The van der Waals surface area contributed by atoms with Crippen LogP contribution in [0, 0.1) is 13.8 Å². The zero-order valence-corrected chi connectivity index (χ0v) is 22.9. The fraction of sp³-hybridized carbons (Fsp3) is 0.312. The minimum Gasteiger partial charge on any atom is -0.507 e. The second-order valence-corrected chi connectivity index (χ2v) is 9.66. The molecule has 1 aliphatic rings. The van der Waals surface area contributed by atoms with Crippen molar-refractivity contribution < 1.29 is 28.9 Å². The normalized spacial score (nSPS) is 16.5. The summed E-state index contributed by atoms with van der Waals surface area (Å²) in [5, 5.41) is 11.3. The van der Waals surface area contributed by atoms with Crippen LogP contribution in [-0.4, -0.2) is 48.6 Å². The Hall–Kier alpha value is -4.10. The van der Waals surface area contributed by atoms with Gasteiger partial charge in [0, 0.05) is 19.2 Å². The van der Waals surface area contributed by atoms with Gasteiger partial charge in [-0.1, -0.05) is 48.9 Å². The van der Waals surface area contributed by atoms with Gasteiger partial charge in [0.15, 0.2) is 0 Å². The molecule has 1 heterocycles. The fourth-order valence-electron chi connectivity index (χ4n) is 4.57. The summed E-state index contributed by atoms with van der Waals surface area (Å²) in [6, 6.07) is 19.9. The maximum atomic E-state index is 13.2. The highest BCUT2D eigenvalue weighted by Crippen LogP contribution is 2.40. The number of nitrogens with zero attached hydrogens (tertiary/aromatic N) is 1. The van der Waals surface area contributed by atoms with Crippen molar-refractivity contribution in [1.82, 2.24) is 4.90 Å². The minimum atomic E-state index is -0.761. The van der Waals surface area contributed by atoms with Crippen LogP contribution in [0.4, 0.5) is 0 Å². The maximum absolute atomic E-state index is 13.2. The van der Waals surface area contributed by atoms with Gasteiger partial charge in [0.2, 0.25) is 0 Å². The van der Waals surface area contributed by atoms with E-state index in [1.807, 2.05) is 69.3 Å². The Labute approximate surface area is 229 Å². The molecule has 0 saturated carbocycles. The standard InChI is InChI=1S/C32H35NO6/c1-5-17-38-27-15-12-25(19-22(27)3)30(34)28-29(33(16-18-37-4)32(36)31(28)35)24-10-13-26(14-11-24)39-20-23-8-6-21(2)7-9-23/h6-15,19,29,34H,5,16-18,20H2,1-4H3/b30-28-. The molecule has 1 N–H and O–H groups in total. The van der Waals surface area contributed by atoms with E-state index in [-0.39, 0.29) is 24.5 Å². The van der Waals surface area contributed by atoms with Gasteiger partial charge in [-0.15, -0.1) is 0 Å². The van der Waals surface area contributed by atoms with Crippen molar-refractivity contribution >= 4 is 17.4 Å². The number of rotatable bonds is 11. The van der Waals surface area contributed by atoms with E-state index in [0.29, 0.717) is 35.8 Å². The third kappa shape index (κ3) is 6.32. The Bertz CT molecular complexity index is 1340. The molecule has 204 valence electrons. The molecule has 1 atom stereocenters. The second-order valence-electron chi connectivity index (χ2n) is 9.66. The monoisotopic (exact) mass is 529 g/mol. The van der Waals surface area contributed by atoms with Crippen molar-refractivity contribution in [3.8, 4) is 11.5 Å². The molecule has 7 nitrogen and oxygen atoms in total. The predicted octanol–water partition coefficient (Wildman–Crippen LogP) is 5.74. The van der Waals surface area contributed by atoms with Gasteiger partial charge in [-0.05, 0) is 67.3 Å². The number of hydrogen-bond donors (Lipinski definition) is 1. The molecule has 1 amide bonds. The molecule has 0 bridgehead atoms. The average Bonchev–Trinajstić information content (AvgIpc) is 3.20. The van der Waals surface area contributed by atoms with Crippen LogP contribution >= 0.6 is 0 Å². The summed E-state index contributed by atoms with van der Waals surface area (Å²) >= 11 is 0. The molecule has 4 rings (SSSR count). The van der Waals surface area contributed by atoms with E-state index in [1.165, 1.54) is 17.6 Å². The van der Waals surface area contributed by atoms with Crippen LogP contribution < -0.4 is 9.47 Å². The van der Waals surface area contributed by atoms with E-state index < -0.39 is 17.7 Å². The molecular weight excluding hydrogens is 494 g/mol. The SMILES string of the molecule is CCCOc1ccc(/C(O)=C2/C(=O)C(=O)N(CCOC)C2c2ccc(OCc3ccc(C)cc3)cc2)cc1C. The first-order valence-electron chi connectivity index (χ1n) is 13.1. The summed E-state index contributed by atoms with van der Waals surface area (Å²) < 4.78 is 16.9. The van der Waals surface area contributed by atoms with E-state index in [1.54, 1.807) is 18.2 Å². The lowest BCUT2D eigenvalue weighted by atomic mass is 9.94. The van der Waals surface area contributed by atoms with Gasteiger partial charge in [-0.25, -0.2) is 0 Å². The van der Waals surface area contributed by atoms with E-state index in [9.17, 15) is 14.7 Å². The van der Waals surface area contributed by atoms with E-state index in [0.717, 1.165) is 17.5 Å². The van der Waals surface area contributed by atoms with Gasteiger partial charge >= 0.3 is 0 Å². The number of ether oxygens (including phenoxy) is 3. The first-order chi connectivity index (χ1) is 18.8. The number of carbonyl (C=O) groups is 2. The van der Waals surface area contributed by atoms with Crippen molar-refractivity contribution in [3.05, 3.63) is 100 Å².